The number of amides is 2. The topological polar surface area (TPSA) is 146 Å². The number of hydrogen-bond acceptors (Lipinski definition) is 9. The fourth-order valence-electron chi connectivity index (χ4n) is 6.92. The highest BCUT2D eigenvalue weighted by Crippen LogP contribution is 2.48. The van der Waals surface area contributed by atoms with Crippen LogP contribution in [0.25, 0.3) is 0 Å². The Bertz CT molecular complexity index is 1340. The zero-order valence-electron chi connectivity index (χ0n) is 25.6. The number of carboxylic acids is 2. The quantitative estimate of drug-likeness (QED) is 0.347. The molecule has 0 bridgehead atoms. The van der Waals surface area contributed by atoms with Crippen LogP contribution < -0.4 is 9.64 Å². The van der Waals surface area contributed by atoms with E-state index in [2.05, 4.69) is 15.9 Å². The highest BCUT2D eigenvalue weighted by molar-refractivity contribution is 6.27. The van der Waals surface area contributed by atoms with E-state index in [-0.39, 0.29) is 29.9 Å². The number of piperazine rings is 1. The van der Waals surface area contributed by atoms with Crippen molar-refractivity contribution in [2.75, 3.05) is 57.9 Å². The van der Waals surface area contributed by atoms with Crippen LogP contribution in [0.5, 0.6) is 5.75 Å². The van der Waals surface area contributed by atoms with Gasteiger partial charge in [-0.15, -0.1) is 0 Å². The molecule has 2 amide bonds. The van der Waals surface area contributed by atoms with Crippen molar-refractivity contribution in [3.8, 4) is 5.75 Å². The zero-order valence-corrected chi connectivity index (χ0v) is 25.6. The summed E-state index contributed by atoms with van der Waals surface area (Å²) in [7, 11) is 1.71. The minimum atomic E-state index is -1.82. The van der Waals surface area contributed by atoms with E-state index in [4.69, 9.17) is 34.0 Å². The van der Waals surface area contributed by atoms with Crippen LogP contribution in [0.4, 0.5) is 5.69 Å². The minimum absolute atomic E-state index is 0.0911. The Kier molecular flexibility index (Phi) is 10.1. The first-order chi connectivity index (χ1) is 21.6. The maximum atomic E-state index is 13.3. The molecule has 1 aliphatic carbocycles. The highest BCUT2D eigenvalue weighted by Gasteiger charge is 2.51. The molecule has 12 nitrogen and oxygen atoms in total. The van der Waals surface area contributed by atoms with Gasteiger partial charge >= 0.3 is 11.9 Å². The van der Waals surface area contributed by atoms with Gasteiger partial charge in [-0.2, -0.15) is 0 Å². The molecule has 0 unspecified atom stereocenters. The molecular weight excluding hydrogens is 582 g/mol. The standard InChI is InChI=1S/C31H39N3O5.C2H2O4/c1-37-27-12-6-5-11-26(27)33-17-15-32(16-18-33)21-25-22-38-31(39-25,24-9-3-2-4-10-24)23-34-28(35)19-30(20-29(34)36)13-7-8-14-30;3-1(4)2(5)6/h2-6,9-12,25H,7-8,13-23H2,1H3;(H,3,4)(H,5,6)/t25-,31+;/m0./s1. The van der Waals surface area contributed by atoms with Gasteiger partial charge in [-0.1, -0.05) is 55.3 Å². The maximum absolute atomic E-state index is 13.3. The first kappa shape index (κ1) is 32.4. The third kappa shape index (κ3) is 7.46. The molecule has 45 heavy (non-hydrogen) atoms. The molecule has 3 aliphatic heterocycles. The van der Waals surface area contributed by atoms with E-state index in [1.54, 1.807) is 7.11 Å². The molecule has 2 atom stereocenters. The monoisotopic (exact) mass is 623 g/mol. The molecule has 1 saturated carbocycles. The Morgan fingerprint density at radius 1 is 0.889 bits per heavy atom. The maximum Gasteiger partial charge on any atom is 0.414 e. The summed E-state index contributed by atoms with van der Waals surface area (Å²) in [6, 6.07) is 17.9. The molecule has 2 aromatic rings. The van der Waals surface area contributed by atoms with Gasteiger partial charge in [-0.05, 0) is 30.4 Å². The number of piperidine rings is 1. The van der Waals surface area contributed by atoms with Crippen molar-refractivity contribution in [3.63, 3.8) is 0 Å². The largest absolute Gasteiger partial charge is 0.495 e. The number of benzene rings is 2. The van der Waals surface area contributed by atoms with Crippen molar-refractivity contribution in [1.82, 2.24) is 9.80 Å². The molecule has 6 rings (SSSR count). The van der Waals surface area contributed by atoms with E-state index in [1.165, 1.54) is 4.90 Å². The molecular formula is C33H41N3O9. The molecule has 0 aromatic heterocycles. The van der Waals surface area contributed by atoms with Gasteiger partial charge in [-0.3, -0.25) is 19.4 Å². The molecule has 242 valence electrons. The number of para-hydroxylation sites is 2. The number of methoxy groups -OCH3 is 1. The summed E-state index contributed by atoms with van der Waals surface area (Å²) in [4.78, 5) is 51.0. The fraction of sp³-hybridized carbons (Fsp3) is 0.515. The Hall–Kier alpha value is -4.00. The molecule has 2 N–H and O–H groups in total. The van der Waals surface area contributed by atoms with Crippen molar-refractivity contribution >= 4 is 29.4 Å². The Morgan fingerprint density at radius 3 is 2.09 bits per heavy atom. The van der Waals surface area contributed by atoms with Gasteiger partial charge in [0.05, 0.1) is 32.1 Å². The number of likely N-dealkylation sites (tertiary alicyclic amines) is 1. The van der Waals surface area contributed by atoms with Crippen LogP contribution in [-0.2, 0) is 34.4 Å². The molecule has 3 heterocycles. The smallest absolute Gasteiger partial charge is 0.414 e. The SMILES string of the molecule is COc1ccccc1N1CCN(C[C@H]2CO[C@@](CN3C(=O)CC4(CCCC4)CC3=O)(c3ccccc3)O2)CC1.O=C(O)C(=O)O. The lowest BCUT2D eigenvalue weighted by atomic mass is 9.76. The lowest BCUT2D eigenvalue weighted by Crippen LogP contribution is -2.53. The van der Waals surface area contributed by atoms with Crippen molar-refractivity contribution in [3.05, 3.63) is 60.2 Å². The summed E-state index contributed by atoms with van der Waals surface area (Å²) in [5, 5.41) is 14.8. The molecule has 1 spiro atoms. The molecule has 0 radical (unpaired) electrons. The number of nitrogens with zero attached hydrogens (tertiary/aromatic N) is 3. The number of rotatable bonds is 7. The Morgan fingerprint density at radius 2 is 1.49 bits per heavy atom. The van der Waals surface area contributed by atoms with Crippen LogP contribution in [0.2, 0.25) is 0 Å². The van der Waals surface area contributed by atoms with Crippen LogP contribution in [0.3, 0.4) is 0 Å². The highest BCUT2D eigenvalue weighted by atomic mass is 16.7. The van der Waals surface area contributed by atoms with Crippen LogP contribution in [0, 0.1) is 5.41 Å². The summed E-state index contributed by atoms with van der Waals surface area (Å²) in [5.74, 6) is -4.08. The Balaban J connectivity index is 0.000000609. The van der Waals surface area contributed by atoms with Crippen LogP contribution in [0.15, 0.2) is 54.6 Å². The number of ether oxygens (including phenoxy) is 3. The second kappa shape index (κ2) is 14.0. The first-order valence-corrected chi connectivity index (χ1v) is 15.4. The molecule has 12 heteroatoms. The fourth-order valence-corrected chi connectivity index (χ4v) is 6.92. The second-order valence-electron chi connectivity index (χ2n) is 12.2. The van der Waals surface area contributed by atoms with Gasteiger partial charge in [0.15, 0.2) is 0 Å². The number of imide groups is 1. The van der Waals surface area contributed by atoms with E-state index >= 15 is 0 Å². The van der Waals surface area contributed by atoms with Gasteiger partial charge in [0.1, 0.15) is 5.75 Å². The summed E-state index contributed by atoms with van der Waals surface area (Å²) in [5.41, 5.74) is 1.84. The average Bonchev–Trinajstić information content (AvgIpc) is 3.67. The van der Waals surface area contributed by atoms with Gasteiger partial charge in [-0.25, -0.2) is 9.59 Å². The lowest BCUT2D eigenvalue weighted by Gasteiger charge is -2.41. The molecule has 2 aromatic carbocycles. The van der Waals surface area contributed by atoms with E-state index in [0.29, 0.717) is 19.4 Å². The summed E-state index contributed by atoms with van der Waals surface area (Å²) >= 11 is 0. The zero-order chi connectivity index (χ0) is 32.0. The van der Waals surface area contributed by atoms with Gasteiger partial charge < -0.3 is 29.3 Å². The van der Waals surface area contributed by atoms with E-state index in [0.717, 1.165) is 75.4 Å². The van der Waals surface area contributed by atoms with E-state index < -0.39 is 17.7 Å². The number of carbonyl (C=O) groups excluding carboxylic acids is 2. The summed E-state index contributed by atoms with van der Waals surface area (Å²) in [6.07, 6.45) is 4.90. The predicted octanol–water partition coefficient (Wildman–Crippen LogP) is 2.95. The van der Waals surface area contributed by atoms with Crippen LogP contribution >= 0.6 is 0 Å². The average molecular weight is 624 g/mol. The molecule has 4 fully saturated rings. The normalized spacial score (nSPS) is 24.8. The molecule has 4 aliphatic rings. The third-order valence-electron chi connectivity index (χ3n) is 9.20. The van der Waals surface area contributed by atoms with Crippen molar-refractivity contribution < 1.29 is 43.6 Å². The molecule has 3 saturated heterocycles. The van der Waals surface area contributed by atoms with Crippen molar-refractivity contribution in [1.29, 1.82) is 0 Å². The van der Waals surface area contributed by atoms with Gasteiger partial charge in [0.2, 0.25) is 17.6 Å². The summed E-state index contributed by atoms with van der Waals surface area (Å²) in [6.45, 7) is 4.86. The van der Waals surface area contributed by atoms with Crippen LogP contribution in [0.1, 0.15) is 44.1 Å². The number of carbonyl (C=O) groups is 4. The lowest BCUT2D eigenvalue weighted by molar-refractivity contribution is -0.199. The summed E-state index contributed by atoms with van der Waals surface area (Å²) < 4.78 is 18.6. The predicted molar refractivity (Wildman–Crippen MR) is 163 cm³/mol. The van der Waals surface area contributed by atoms with Gasteiger partial charge in [0.25, 0.3) is 0 Å². The first-order valence-electron chi connectivity index (χ1n) is 15.4. The van der Waals surface area contributed by atoms with E-state index in [9.17, 15) is 9.59 Å². The number of hydrogen-bond donors (Lipinski definition) is 2. The van der Waals surface area contributed by atoms with Crippen molar-refractivity contribution in [2.45, 2.75) is 50.4 Å². The van der Waals surface area contributed by atoms with Crippen LogP contribution in [-0.4, -0.2) is 103 Å². The van der Waals surface area contributed by atoms with E-state index in [1.807, 2.05) is 48.5 Å². The van der Waals surface area contributed by atoms with Gasteiger partial charge in [0, 0.05) is 51.1 Å². The third-order valence-corrected chi connectivity index (χ3v) is 9.20. The number of aliphatic carboxylic acids is 2. The Labute approximate surface area is 262 Å². The minimum Gasteiger partial charge on any atom is -0.495 e. The number of carboxylic acid groups (broad SMARTS) is 2. The second-order valence-corrected chi connectivity index (χ2v) is 12.2. The van der Waals surface area contributed by atoms with Crippen molar-refractivity contribution in [2.24, 2.45) is 5.41 Å². The number of anilines is 1.